The molecule has 124 valence electrons. The first-order valence-corrected chi connectivity index (χ1v) is 9.28. The van der Waals surface area contributed by atoms with Crippen LogP contribution in [0.2, 0.25) is 0 Å². The predicted molar refractivity (Wildman–Crippen MR) is 94.9 cm³/mol. The lowest BCUT2D eigenvalue weighted by Gasteiger charge is -2.16. The maximum atomic E-state index is 12.3. The summed E-state index contributed by atoms with van der Waals surface area (Å²) in [6.45, 7) is 1.22. The van der Waals surface area contributed by atoms with Gasteiger partial charge in [0, 0.05) is 18.5 Å². The Morgan fingerprint density at radius 3 is 2.83 bits per heavy atom. The van der Waals surface area contributed by atoms with Gasteiger partial charge in [-0.3, -0.25) is 4.79 Å². The molecule has 1 aromatic carbocycles. The highest BCUT2D eigenvalue weighted by molar-refractivity contribution is 7.99. The fourth-order valence-electron chi connectivity index (χ4n) is 2.13. The molecule has 0 saturated carbocycles. The van der Waals surface area contributed by atoms with Crippen molar-refractivity contribution in [3.8, 4) is 0 Å². The lowest BCUT2D eigenvalue weighted by atomic mass is 10.2. The molecule has 0 bridgehead atoms. The van der Waals surface area contributed by atoms with Crippen LogP contribution in [0.4, 0.5) is 0 Å². The second kappa shape index (κ2) is 8.07. The van der Waals surface area contributed by atoms with Gasteiger partial charge in [-0.15, -0.1) is 16.4 Å². The lowest BCUT2D eigenvalue weighted by Crippen LogP contribution is -2.27. The van der Waals surface area contributed by atoms with Gasteiger partial charge in [-0.25, -0.2) is 4.68 Å². The van der Waals surface area contributed by atoms with Crippen molar-refractivity contribution in [1.29, 1.82) is 0 Å². The summed E-state index contributed by atoms with van der Waals surface area (Å²) in [5, 5.41) is 14.4. The van der Waals surface area contributed by atoms with Crippen molar-refractivity contribution >= 4 is 29.0 Å². The summed E-state index contributed by atoms with van der Waals surface area (Å²) in [7, 11) is 1.81. The van der Waals surface area contributed by atoms with Crippen LogP contribution < -0.4 is 0 Å². The minimum atomic E-state index is 0.0505. The highest BCUT2D eigenvalue weighted by Crippen LogP contribution is 2.17. The van der Waals surface area contributed by atoms with Crippen molar-refractivity contribution in [2.45, 2.75) is 18.2 Å². The summed E-state index contributed by atoms with van der Waals surface area (Å²) >= 11 is 3.02. The van der Waals surface area contributed by atoms with Crippen LogP contribution in [0.1, 0.15) is 10.4 Å². The Balaban J connectivity index is 1.54. The smallest absolute Gasteiger partial charge is 0.233 e. The van der Waals surface area contributed by atoms with E-state index in [0.717, 1.165) is 5.56 Å². The van der Waals surface area contributed by atoms with E-state index in [0.29, 0.717) is 24.0 Å². The molecule has 3 aromatic rings. The molecule has 24 heavy (non-hydrogen) atoms. The Labute approximate surface area is 148 Å². The Kier molecular flexibility index (Phi) is 5.60. The van der Waals surface area contributed by atoms with Crippen LogP contribution in [-0.4, -0.2) is 43.8 Å². The van der Waals surface area contributed by atoms with Gasteiger partial charge in [-0.05, 0) is 27.4 Å². The first kappa shape index (κ1) is 16.7. The molecule has 2 heterocycles. The molecular formula is C16H17N5OS2. The van der Waals surface area contributed by atoms with Gasteiger partial charge in [0.2, 0.25) is 11.1 Å². The number of carbonyl (C=O) groups is 1. The van der Waals surface area contributed by atoms with E-state index in [1.54, 1.807) is 20.9 Å². The van der Waals surface area contributed by atoms with E-state index in [9.17, 15) is 4.79 Å². The minimum Gasteiger partial charge on any atom is -0.341 e. The maximum absolute atomic E-state index is 12.3. The number of aromatic nitrogens is 4. The molecular weight excluding hydrogens is 342 g/mol. The quantitative estimate of drug-likeness (QED) is 0.607. The van der Waals surface area contributed by atoms with Crippen molar-refractivity contribution in [2.24, 2.45) is 0 Å². The number of hydrogen-bond acceptors (Lipinski definition) is 6. The normalized spacial score (nSPS) is 10.7. The zero-order chi connectivity index (χ0) is 16.8. The summed E-state index contributed by atoms with van der Waals surface area (Å²) in [5.74, 6) is 0.364. The fraction of sp³-hybridized carbons (Fsp3) is 0.250. The third-order valence-electron chi connectivity index (χ3n) is 3.40. The van der Waals surface area contributed by atoms with E-state index in [4.69, 9.17) is 0 Å². The molecule has 0 aliphatic heterocycles. The fourth-order valence-corrected chi connectivity index (χ4v) is 3.63. The third kappa shape index (κ3) is 4.42. The molecule has 0 radical (unpaired) electrons. The van der Waals surface area contributed by atoms with Crippen molar-refractivity contribution in [3.63, 3.8) is 0 Å². The van der Waals surface area contributed by atoms with Gasteiger partial charge in [0.05, 0.1) is 12.3 Å². The predicted octanol–water partition coefficient (Wildman–Crippen LogP) is 2.53. The van der Waals surface area contributed by atoms with Crippen LogP contribution >= 0.6 is 23.1 Å². The second-order valence-corrected chi connectivity index (χ2v) is 7.20. The number of hydrogen-bond donors (Lipinski definition) is 0. The SMILES string of the molecule is CN(Cc1ccccc1)C(=O)CSc1nnnn1Cc1cccs1. The molecule has 2 aromatic heterocycles. The third-order valence-corrected chi connectivity index (χ3v) is 5.20. The Bertz CT molecular complexity index is 773. The number of rotatable bonds is 7. The van der Waals surface area contributed by atoms with E-state index < -0.39 is 0 Å². The van der Waals surface area contributed by atoms with Crippen molar-refractivity contribution in [3.05, 3.63) is 58.3 Å². The number of thiophene rings is 1. The molecule has 6 nitrogen and oxygen atoms in total. The average Bonchev–Trinajstić information content (AvgIpc) is 3.26. The summed E-state index contributed by atoms with van der Waals surface area (Å²) in [6.07, 6.45) is 0. The van der Waals surface area contributed by atoms with Crippen LogP contribution in [0.5, 0.6) is 0 Å². The largest absolute Gasteiger partial charge is 0.341 e. The van der Waals surface area contributed by atoms with Gasteiger partial charge in [0.25, 0.3) is 0 Å². The lowest BCUT2D eigenvalue weighted by molar-refractivity contribution is -0.127. The maximum Gasteiger partial charge on any atom is 0.233 e. The standard InChI is InChI=1S/C16H17N5OS2/c1-20(10-13-6-3-2-4-7-13)15(22)12-24-16-17-18-19-21(16)11-14-8-5-9-23-14/h2-9H,10-12H2,1H3. The summed E-state index contributed by atoms with van der Waals surface area (Å²) in [6, 6.07) is 14.0. The summed E-state index contributed by atoms with van der Waals surface area (Å²) < 4.78 is 1.72. The van der Waals surface area contributed by atoms with Gasteiger partial charge in [-0.2, -0.15) is 0 Å². The number of benzene rings is 1. The van der Waals surface area contributed by atoms with E-state index >= 15 is 0 Å². The molecule has 0 unspecified atom stereocenters. The zero-order valence-corrected chi connectivity index (χ0v) is 14.8. The van der Waals surface area contributed by atoms with Gasteiger partial charge in [0.15, 0.2) is 0 Å². The molecule has 0 fully saturated rings. The average molecular weight is 359 g/mol. The molecule has 0 aliphatic rings. The van der Waals surface area contributed by atoms with E-state index in [1.165, 1.54) is 16.6 Å². The Morgan fingerprint density at radius 2 is 2.08 bits per heavy atom. The topological polar surface area (TPSA) is 63.9 Å². The van der Waals surface area contributed by atoms with Gasteiger partial charge < -0.3 is 4.90 Å². The van der Waals surface area contributed by atoms with Gasteiger partial charge in [-0.1, -0.05) is 48.2 Å². The monoisotopic (exact) mass is 359 g/mol. The van der Waals surface area contributed by atoms with Gasteiger partial charge in [0.1, 0.15) is 0 Å². The van der Waals surface area contributed by atoms with E-state index in [1.807, 2.05) is 54.9 Å². The number of carbonyl (C=O) groups excluding carboxylic acids is 1. The number of amides is 1. The number of nitrogens with zero attached hydrogens (tertiary/aromatic N) is 5. The van der Waals surface area contributed by atoms with E-state index in [-0.39, 0.29) is 5.91 Å². The molecule has 0 N–H and O–H groups in total. The van der Waals surface area contributed by atoms with Crippen LogP contribution in [0.15, 0.2) is 53.0 Å². The zero-order valence-electron chi connectivity index (χ0n) is 13.2. The molecule has 0 atom stereocenters. The molecule has 0 aliphatic carbocycles. The van der Waals surface area contributed by atoms with Crippen LogP contribution in [-0.2, 0) is 17.9 Å². The van der Waals surface area contributed by atoms with Crippen LogP contribution in [0.25, 0.3) is 0 Å². The molecule has 8 heteroatoms. The molecule has 0 saturated heterocycles. The minimum absolute atomic E-state index is 0.0505. The number of tetrazole rings is 1. The molecule has 3 rings (SSSR count). The Morgan fingerprint density at radius 1 is 1.25 bits per heavy atom. The van der Waals surface area contributed by atoms with Crippen LogP contribution in [0.3, 0.4) is 0 Å². The molecule has 0 spiro atoms. The van der Waals surface area contributed by atoms with E-state index in [2.05, 4.69) is 15.5 Å². The summed E-state index contributed by atoms with van der Waals surface area (Å²) in [5.41, 5.74) is 1.11. The first-order chi connectivity index (χ1) is 11.7. The molecule has 1 amide bonds. The highest BCUT2D eigenvalue weighted by atomic mass is 32.2. The summed E-state index contributed by atoms with van der Waals surface area (Å²) in [4.78, 5) is 15.2. The second-order valence-electron chi connectivity index (χ2n) is 5.22. The Hall–Kier alpha value is -2.19. The van der Waals surface area contributed by atoms with Crippen molar-refractivity contribution in [1.82, 2.24) is 25.1 Å². The van der Waals surface area contributed by atoms with Gasteiger partial charge >= 0.3 is 0 Å². The highest BCUT2D eigenvalue weighted by Gasteiger charge is 2.14. The number of thioether (sulfide) groups is 1. The van der Waals surface area contributed by atoms with Crippen LogP contribution in [0, 0.1) is 0 Å². The van der Waals surface area contributed by atoms with Crippen molar-refractivity contribution in [2.75, 3.05) is 12.8 Å². The van der Waals surface area contributed by atoms with Crippen molar-refractivity contribution < 1.29 is 4.79 Å². The first-order valence-electron chi connectivity index (χ1n) is 7.41.